The van der Waals surface area contributed by atoms with Crippen LogP contribution in [-0.4, -0.2) is 65.7 Å². The highest BCUT2D eigenvalue weighted by Crippen LogP contribution is 2.38. The second-order valence-corrected chi connectivity index (χ2v) is 6.04. The van der Waals surface area contributed by atoms with E-state index < -0.39 is 11.4 Å². The van der Waals surface area contributed by atoms with Crippen molar-refractivity contribution in [2.45, 2.75) is 39.2 Å². The minimum absolute atomic E-state index is 0.111. The van der Waals surface area contributed by atoms with Gasteiger partial charge in [-0.2, -0.15) is 0 Å². The summed E-state index contributed by atoms with van der Waals surface area (Å²) < 4.78 is 0. The molecular weight excluding hydrogens is 258 g/mol. The Morgan fingerprint density at radius 2 is 1.95 bits per heavy atom. The number of likely N-dealkylation sites (N-methyl/N-ethyl adjacent to an activating group) is 1. The largest absolute Gasteiger partial charge is 0.481 e. The van der Waals surface area contributed by atoms with Crippen molar-refractivity contribution < 1.29 is 14.7 Å². The average Bonchev–Trinajstić information content (AvgIpc) is 2.81. The van der Waals surface area contributed by atoms with Crippen LogP contribution in [0.5, 0.6) is 0 Å². The third-order valence-corrected chi connectivity index (χ3v) is 4.85. The van der Waals surface area contributed by atoms with Crippen LogP contribution in [0.2, 0.25) is 0 Å². The fraction of sp³-hybridized carbons (Fsp3) is 0.857. The van der Waals surface area contributed by atoms with E-state index >= 15 is 0 Å². The molecule has 2 unspecified atom stereocenters. The summed E-state index contributed by atoms with van der Waals surface area (Å²) in [4.78, 5) is 27.8. The lowest BCUT2D eigenvalue weighted by molar-refractivity contribution is -0.148. The highest BCUT2D eigenvalue weighted by Gasteiger charge is 2.46. The number of piperazine rings is 1. The monoisotopic (exact) mass is 283 g/mol. The number of rotatable bonds is 3. The zero-order valence-electron chi connectivity index (χ0n) is 12.4. The first kappa shape index (κ1) is 15.1. The van der Waals surface area contributed by atoms with Crippen molar-refractivity contribution in [1.29, 1.82) is 0 Å². The average molecular weight is 283 g/mol. The number of hydrogen-bond donors (Lipinski definition) is 2. The van der Waals surface area contributed by atoms with Crippen molar-refractivity contribution >= 4 is 12.0 Å². The fourth-order valence-corrected chi connectivity index (χ4v) is 3.16. The number of aliphatic carboxylic acids is 1. The zero-order valence-corrected chi connectivity index (χ0v) is 12.4. The lowest BCUT2D eigenvalue weighted by Gasteiger charge is -2.36. The molecular formula is C14H25N3O3. The summed E-state index contributed by atoms with van der Waals surface area (Å²) in [6, 6.07) is -0.364. The maximum Gasteiger partial charge on any atom is 0.317 e. The summed E-state index contributed by atoms with van der Waals surface area (Å²) in [6.45, 7) is 8.09. The molecule has 6 heteroatoms. The molecule has 2 N–H and O–H groups in total. The Kier molecular flexibility index (Phi) is 4.52. The van der Waals surface area contributed by atoms with Crippen molar-refractivity contribution in [2.75, 3.05) is 32.7 Å². The van der Waals surface area contributed by atoms with Crippen LogP contribution >= 0.6 is 0 Å². The Bertz CT molecular complexity index is 380. The Hall–Kier alpha value is -1.30. The molecule has 0 aromatic rings. The number of carbonyl (C=O) groups is 2. The van der Waals surface area contributed by atoms with E-state index in [2.05, 4.69) is 17.1 Å². The molecule has 2 rings (SSSR count). The summed E-state index contributed by atoms with van der Waals surface area (Å²) in [6.07, 6.45) is 2.25. The maximum absolute atomic E-state index is 12.3. The van der Waals surface area contributed by atoms with E-state index in [9.17, 15) is 14.7 Å². The molecule has 2 fully saturated rings. The van der Waals surface area contributed by atoms with E-state index in [-0.39, 0.29) is 12.1 Å². The van der Waals surface area contributed by atoms with E-state index in [4.69, 9.17) is 0 Å². The molecule has 1 saturated carbocycles. The van der Waals surface area contributed by atoms with Crippen LogP contribution in [0, 0.1) is 5.41 Å². The van der Waals surface area contributed by atoms with Gasteiger partial charge in [-0.15, -0.1) is 0 Å². The van der Waals surface area contributed by atoms with Crippen LogP contribution in [0.25, 0.3) is 0 Å². The van der Waals surface area contributed by atoms with Gasteiger partial charge in [0.2, 0.25) is 0 Å². The van der Waals surface area contributed by atoms with E-state index in [1.807, 2.05) is 0 Å². The van der Waals surface area contributed by atoms with Gasteiger partial charge in [0, 0.05) is 32.2 Å². The molecule has 2 aliphatic rings. The third kappa shape index (κ3) is 2.90. The van der Waals surface area contributed by atoms with Crippen LogP contribution in [0.3, 0.4) is 0 Å². The molecule has 0 radical (unpaired) electrons. The molecule has 6 nitrogen and oxygen atoms in total. The third-order valence-electron chi connectivity index (χ3n) is 4.85. The van der Waals surface area contributed by atoms with Gasteiger partial charge < -0.3 is 20.2 Å². The van der Waals surface area contributed by atoms with E-state index in [1.54, 1.807) is 11.8 Å². The van der Waals surface area contributed by atoms with Gasteiger partial charge in [-0.3, -0.25) is 4.79 Å². The van der Waals surface area contributed by atoms with Crippen LogP contribution in [0.1, 0.15) is 33.1 Å². The Labute approximate surface area is 120 Å². The van der Waals surface area contributed by atoms with Gasteiger partial charge in [0.05, 0.1) is 5.41 Å². The van der Waals surface area contributed by atoms with Crippen molar-refractivity contribution in [1.82, 2.24) is 15.1 Å². The van der Waals surface area contributed by atoms with Crippen molar-refractivity contribution in [3.63, 3.8) is 0 Å². The van der Waals surface area contributed by atoms with Gasteiger partial charge in [-0.25, -0.2) is 4.79 Å². The second kappa shape index (κ2) is 5.99. The molecule has 0 aromatic heterocycles. The van der Waals surface area contributed by atoms with E-state index in [1.165, 1.54) is 0 Å². The van der Waals surface area contributed by atoms with Gasteiger partial charge in [0.15, 0.2) is 0 Å². The fourth-order valence-electron chi connectivity index (χ4n) is 3.16. The van der Waals surface area contributed by atoms with Crippen LogP contribution in [-0.2, 0) is 4.79 Å². The minimum atomic E-state index is -0.819. The molecule has 0 bridgehead atoms. The molecule has 0 aromatic carbocycles. The SMILES string of the molecule is CCN1CCN(C(=O)NC2CCCC2(C)C(=O)O)CC1. The second-order valence-electron chi connectivity index (χ2n) is 6.04. The summed E-state index contributed by atoms with van der Waals surface area (Å²) in [7, 11) is 0. The van der Waals surface area contributed by atoms with Crippen molar-refractivity contribution in [3.8, 4) is 0 Å². The van der Waals surface area contributed by atoms with Gasteiger partial charge >= 0.3 is 12.0 Å². The van der Waals surface area contributed by atoms with Crippen molar-refractivity contribution in [2.24, 2.45) is 5.41 Å². The highest BCUT2D eigenvalue weighted by atomic mass is 16.4. The summed E-state index contributed by atoms with van der Waals surface area (Å²) in [5.41, 5.74) is -0.819. The molecule has 0 spiro atoms. The number of carbonyl (C=O) groups excluding carboxylic acids is 1. The Morgan fingerprint density at radius 1 is 1.30 bits per heavy atom. The summed E-state index contributed by atoms with van der Waals surface area (Å²) >= 11 is 0. The Balaban J connectivity index is 1.90. The van der Waals surface area contributed by atoms with E-state index in [0.29, 0.717) is 6.42 Å². The summed E-state index contributed by atoms with van der Waals surface area (Å²) in [5, 5.41) is 12.3. The molecule has 2 amide bonds. The van der Waals surface area contributed by atoms with Crippen LogP contribution in [0.15, 0.2) is 0 Å². The first-order chi connectivity index (χ1) is 9.47. The predicted molar refractivity (Wildman–Crippen MR) is 75.6 cm³/mol. The molecule has 114 valence electrons. The number of nitrogens with one attached hydrogen (secondary N) is 1. The van der Waals surface area contributed by atoms with Gasteiger partial charge in [-0.1, -0.05) is 13.3 Å². The molecule has 2 atom stereocenters. The first-order valence-electron chi connectivity index (χ1n) is 7.48. The molecule has 1 aliphatic carbocycles. The number of hydrogen-bond acceptors (Lipinski definition) is 3. The summed E-state index contributed by atoms with van der Waals surface area (Å²) in [5.74, 6) is -0.809. The van der Waals surface area contributed by atoms with Gasteiger partial charge in [0.1, 0.15) is 0 Å². The normalized spacial score (nSPS) is 31.3. The van der Waals surface area contributed by atoms with Crippen LogP contribution in [0.4, 0.5) is 4.79 Å². The number of carboxylic acid groups (broad SMARTS) is 1. The van der Waals surface area contributed by atoms with Gasteiger partial charge in [-0.05, 0) is 26.3 Å². The topological polar surface area (TPSA) is 72.9 Å². The first-order valence-corrected chi connectivity index (χ1v) is 7.48. The maximum atomic E-state index is 12.3. The Morgan fingerprint density at radius 3 is 2.50 bits per heavy atom. The van der Waals surface area contributed by atoms with Gasteiger partial charge in [0.25, 0.3) is 0 Å². The van der Waals surface area contributed by atoms with E-state index in [0.717, 1.165) is 45.6 Å². The zero-order chi connectivity index (χ0) is 14.8. The molecule has 1 aliphatic heterocycles. The molecule has 20 heavy (non-hydrogen) atoms. The smallest absolute Gasteiger partial charge is 0.317 e. The van der Waals surface area contributed by atoms with Crippen LogP contribution < -0.4 is 5.32 Å². The number of urea groups is 1. The number of carboxylic acids is 1. The molecule has 1 heterocycles. The molecule has 1 saturated heterocycles. The lowest BCUT2D eigenvalue weighted by atomic mass is 9.85. The van der Waals surface area contributed by atoms with Crippen molar-refractivity contribution in [3.05, 3.63) is 0 Å². The lowest BCUT2D eigenvalue weighted by Crippen LogP contribution is -2.55. The highest BCUT2D eigenvalue weighted by molar-refractivity contribution is 5.79. The number of amides is 2. The predicted octanol–water partition coefficient (Wildman–Crippen LogP) is 0.977. The minimum Gasteiger partial charge on any atom is -0.481 e. The standard InChI is InChI=1S/C14H25N3O3/c1-3-16-7-9-17(10-8-16)13(20)15-11-5-4-6-14(11,2)12(18)19/h11H,3-10H2,1-2H3,(H,15,20)(H,18,19). The number of nitrogens with zero attached hydrogens (tertiary/aromatic N) is 2. The quantitative estimate of drug-likeness (QED) is 0.810.